The van der Waals surface area contributed by atoms with Gasteiger partial charge in [0.15, 0.2) is 0 Å². The number of rotatable bonds is 5. The molecule has 0 saturated carbocycles. The van der Waals surface area contributed by atoms with Crippen molar-refractivity contribution in [2.24, 2.45) is 5.92 Å². The van der Waals surface area contributed by atoms with E-state index in [1.807, 2.05) is 26.0 Å². The summed E-state index contributed by atoms with van der Waals surface area (Å²) in [6.07, 6.45) is 0. The minimum Gasteiger partial charge on any atom is -0.497 e. The molecule has 4 heteroatoms. The van der Waals surface area contributed by atoms with Gasteiger partial charge >= 0.3 is 0 Å². The number of methoxy groups -OCH3 is 1. The van der Waals surface area contributed by atoms with Crippen LogP contribution in [0.4, 0.5) is 11.4 Å². The van der Waals surface area contributed by atoms with Crippen LogP contribution in [0.25, 0.3) is 0 Å². The highest BCUT2D eigenvalue weighted by Crippen LogP contribution is 2.27. The standard InChI is InChI=1S/C13H19N3O/c1-4-16(9-10(2)8-14)13-6-5-11(17-3)7-12(13)15/h5-7,10H,4,9,15H2,1-3H3. The van der Waals surface area contributed by atoms with Gasteiger partial charge in [-0.25, -0.2) is 0 Å². The number of nitriles is 1. The molecule has 2 N–H and O–H groups in total. The Morgan fingerprint density at radius 1 is 1.53 bits per heavy atom. The van der Waals surface area contributed by atoms with Gasteiger partial charge in [-0.05, 0) is 26.0 Å². The molecule has 1 unspecified atom stereocenters. The predicted octanol–water partition coefficient (Wildman–Crippen LogP) is 2.26. The van der Waals surface area contributed by atoms with Crippen molar-refractivity contribution < 1.29 is 4.74 Å². The lowest BCUT2D eigenvalue weighted by molar-refractivity contribution is 0.415. The molecule has 4 nitrogen and oxygen atoms in total. The second-order valence-electron chi connectivity index (χ2n) is 3.99. The number of hydrogen-bond acceptors (Lipinski definition) is 4. The Labute approximate surface area is 103 Å². The molecule has 0 aliphatic carbocycles. The lowest BCUT2D eigenvalue weighted by Crippen LogP contribution is -2.28. The van der Waals surface area contributed by atoms with Crippen LogP contribution in [0.2, 0.25) is 0 Å². The molecule has 0 aromatic heterocycles. The molecule has 0 aliphatic heterocycles. The number of nitrogen functional groups attached to an aromatic ring is 1. The Hall–Kier alpha value is -1.89. The molecule has 1 atom stereocenters. The molecule has 0 amide bonds. The smallest absolute Gasteiger partial charge is 0.121 e. The van der Waals surface area contributed by atoms with Crippen LogP contribution >= 0.6 is 0 Å². The van der Waals surface area contributed by atoms with Crippen LogP contribution in [0.5, 0.6) is 5.75 Å². The maximum absolute atomic E-state index is 8.85. The fourth-order valence-corrected chi connectivity index (χ4v) is 1.72. The zero-order valence-corrected chi connectivity index (χ0v) is 10.6. The number of hydrogen-bond donors (Lipinski definition) is 1. The molecule has 0 fully saturated rings. The number of benzene rings is 1. The van der Waals surface area contributed by atoms with Gasteiger partial charge in [-0.3, -0.25) is 0 Å². The molecule has 0 heterocycles. The minimum absolute atomic E-state index is 0.0172. The zero-order valence-electron chi connectivity index (χ0n) is 10.6. The maximum Gasteiger partial charge on any atom is 0.121 e. The summed E-state index contributed by atoms with van der Waals surface area (Å²) < 4.78 is 5.11. The highest BCUT2D eigenvalue weighted by Gasteiger charge is 2.12. The van der Waals surface area contributed by atoms with Crippen LogP contribution in [0, 0.1) is 17.2 Å². The first kappa shape index (κ1) is 13.2. The second-order valence-corrected chi connectivity index (χ2v) is 3.99. The fourth-order valence-electron chi connectivity index (χ4n) is 1.72. The van der Waals surface area contributed by atoms with Crippen LogP contribution in [-0.4, -0.2) is 20.2 Å². The topological polar surface area (TPSA) is 62.3 Å². The number of anilines is 2. The maximum atomic E-state index is 8.85. The van der Waals surface area contributed by atoms with Gasteiger partial charge in [-0.1, -0.05) is 0 Å². The first-order valence-electron chi connectivity index (χ1n) is 5.70. The summed E-state index contributed by atoms with van der Waals surface area (Å²) in [5.74, 6) is 0.729. The van der Waals surface area contributed by atoms with Gasteiger partial charge in [0.2, 0.25) is 0 Å². The van der Waals surface area contributed by atoms with Crippen molar-refractivity contribution in [2.45, 2.75) is 13.8 Å². The Balaban J connectivity index is 2.93. The lowest BCUT2D eigenvalue weighted by Gasteiger charge is -2.25. The Morgan fingerprint density at radius 3 is 2.71 bits per heavy atom. The first-order chi connectivity index (χ1) is 8.12. The molecular formula is C13H19N3O. The third-order valence-electron chi connectivity index (χ3n) is 2.67. The van der Waals surface area contributed by atoms with Crippen molar-refractivity contribution in [2.75, 3.05) is 30.8 Å². The molecule has 0 spiro atoms. The highest BCUT2D eigenvalue weighted by atomic mass is 16.5. The Kier molecular flexibility index (Phi) is 4.65. The zero-order chi connectivity index (χ0) is 12.8. The third-order valence-corrected chi connectivity index (χ3v) is 2.67. The quantitative estimate of drug-likeness (QED) is 0.792. The average molecular weight is 233 g/mol. The van der Waals surface area contributed by atoms with E-state index in [1.54, 1.807) is 13.2 Å². The van der Waals surface area contributed by atoms with Crippen molar-refractivity contribution in [3.8, 4) is 11.8 Å². The van der Waals surface area contributed by atoms with E-state index >= 15 is 0 Å². The van der Waals surface area contributed by atoms with Crippen LogP contribution in [0.15, 0.2) is 18.2 Å². The van der Waals surface area contributed by atoms with Gasteiger partial charge in [0.1, 0.15) is 5.75 Å². The van der Waals surface area contributed by atoms with Gasteiger partial charge in [0, 0.05) is 19.2 Å². The largest absolute Gasteiger partial charge is 0.497 e. The number of ether oxygens (including phenoxy) is 1. The summed E-state index contributed by atoms with van der Waals surface area (Å²) in [7, 11) is 1.61. The van der Waals surface area contributed by atoms with Gasteiger partial charge < -0.3 is 15.4 Å². The molecule has 0 saturated heterocycles. The molecule has 0 bridgehead atoms. The fraction of sp³-hybridized carbons (Fsp3) is 0.462. The molecule has 1 rings (SSSR count). The Bertz CT molecular complexity index is 412. The normalized spacial score (nSPS) is 11.6. The molecule has 1 aromatic rings. The molecule has 1 aromatic carbocycles. The van der Waals surface area contributed by atoms with Gasteiger partial charge in [0.05, 0.1) is 30.5 Å². The van der Waals surface area contributed by atoms with Crippen molar-refractivity contribution in [1.82, 2.24) is 0 Å². The van der Waals surface area contributed by atoms with E-state index in [1.165, 1.54) is 0 Å². The third kappa shape index (κ3) is 3.28. The van der Waals surface area contributed by atoms with Gasteiger partial charge in [-0.15, -0.1) is 0 Å². The van der Waals surface area contributed by atoms with E-state index in [9.17, 15) is 0 Å². The summed E-state index contributed by atoms with van der Waals surface area (Å²) in [5, 5.41) is 8.85. The van der Waals surface area contributed by atoms with Crippen molar-refractivity contribution in [3.63, 3.8) is 0 Å². The summed E-state index contributed by atoms with van der Waals surface area (Å²) in [4.78, 5) is 2.10. The van der Waals surface area contributed by atoms with Crippen LogP contribution < -0.4 is 15.4 Å². The summed E-state index contributed by atoms with van der Waals surface area (Å²) in [6.45, 7) is 5.46. The van der Waals surface area contributed by atoms with E-state index in [0.29, 0.717) is 12.2 Å². The van der Waals surface area contributed by atoms with Crippen molar-refractivity contribution in [1.29, 1.82) is 5.26 Å². The van der Waals surface area contributed by atoms with Gasteiger partial charge in [0.25, 0.3) is 0 Å². The highest BCUT2D eigenvalue weighted by molar-refractivity contribution is 5.69. The van der Waals surface area contributed by atoms with E-state index in [2.05, 4.69) is 11.0 Å². The summed E-state index contributed by atoms with van der Waals surface area (Å²) in [6, 6.07) is 7.85. The molecule has 17 heavy (non-hydrogen) atoms. The second kappa shape index (κ2) is 6.00. The predicted molar refractivity (Wildman–Crippen MR) is 70.1 cm³/mol. The minimum atomic E-state index is -0.0172. The van der Waals surface area contributed by atoms with Crippen LogP contribution in [0.3, 0.4) is 0 Å². The number of nitrogens with two attached hydrogens (primary N) is 1. The SMILES string of the molecule is CCN(CC(C)C#N)c1ccc(OC)cc1N. The average Bonchev–Trinajstić information content (AvgIpc) is 2.35. The van der Waals surface area contributed by atoms with Gasteiger partial charge in [-0.2, -0.15) is 5.26 Å². The monoisotopic (exact) mass is 233 g/mol. The van der Waals surface area contributed by atoms with Crippen molar-refractivity contribution >= 4 is 11.4 Å². The summed E-state index contributed by atoms with van der Waals surface area (Å²) >= 11 is 0. The number of nitrogens with zero attached hydrogens (tertiary/aromatic N) is 2. The van der Waals surface area contributed by atoms with Crippen molar-refractivity contribution in [3.05, 3.63) is 18.2 Å². The van der Waals surface area contributed by atoms with E-state index in [4.69, 9.17) is 15.7 Å². The lowest BCUT2D eigenvalue weighted by atomic mass is 10.1. The first-order valence-corrected chi connectivity index (χ1v) is 5.70. The molecule has 0 aliphatic rings. The molecular weight excluding hydrogens is 214 g/mol. The van der Waals surface area contributed by atoms with E-state index in [0.717, 1.165) is 18.0 Å². The Morgan fingerprint density at radius 2 is 2.24 bits per heavy atom. The van der Waals surface area contributed by atoms with E-state index in [-0.39, 0.29) is 5.92 Å². The molecule has 92 valence electrons. The van der Waals surface area contributed by atoms with Crippen LogP contribution in [0.1, 0.15) is 13.8 Å². The van der Waals surface area contributed by atoms with E-state index < -0.39 is 0 Å². The van der Waals surface area contributed by atoms with Crippen LogP contribution in [-0.2, 0) is 0 Å². The molecule has 0 radical (unpaired) electrons. The summed E-state index contributed by atoms with van der Waals surface area (Å²) in [5.41, 5.74) is 7.62.